The predicted octanol–water partition coefficient (Wildman–Crippen LogP) is 4.35. The van der Waals surface area contributed by atoms with E-state index in [2.05, 4.69) is 36.4 Å². The third kappa shape index (κ3) is 3.45. The van der Waals surface area contributed by atoms with Gasteiger partial charge >= 0.3 is 0 Å². The highest BCUT2D eigenvalue weighted by molar-refractivity contribution is 7.98. The average molecular weight is 348 g/mol. The lowest BCUT2D eigenvalue weighted by Crippen LogP contribution is -2.37. The van der Waals surface area contributed by atoms with E-state index in [1.165, 1.54) is 23.3 Å². The van der Waals surface area contributed by atoms with Gasteiger partial charge < -0.3 is 0 Å². The number of carbonyl (C=O) groups is 1. The molecule has 0 saturated heterocycles. The van der Waals surface area contributed by atoms with E-state index in [0.717, 1.165) is 16.7 Å². The van der Waals surface area contributed by atoms with Gasteiger partial charge in [-0.1, -0.05) is 91.0 Å². The Morgan fingerprint density at radius 1 is 0.760 bits per heavy atom. The van der Waals surface area contributed by atoms with Crippen LogP contribution in [0.1, 0.15) is 23.6 Å². The molecule has 0 saturated carbocycles. The smallest absolute Gasteiger partial charge is 0.243 e. The minimum atomic E-state index is -0.621. The van der Waals surface area contributed by atoms with Gasteiger partial charge in [-0.15, -0.1) is 0 Å². The molecule has 3 aromatic rings. The fourth-order valence-electron chi connectivity index (χ4n) is 2.89. The van der Waals surface area contributed by atoms with Gasteiger partial charge in [0, 0.05) is 6.92 Å². The van der Waals surface area contributed by atoms with Crippen LogP contribution in [0.3, 0.4) is 0 Å². The van der Waals surface area contributed by atoms with Crippen molar-refractivity contribution in [1.82, 2.24) is 4.41 Å². The lowest BCUT2D eigenvalue weighted by molar-refractivity contribution is -0.124. The Kier molecular flexibility index (Phi) is 5.22. The minimum Gasteiger partial charge on any atom is -0.273 e. The largest absolute Gasteiger partial charge is 0.273 e. The van der Waals surface area contributed by atoms with E-state index in [1.807, 2.05) is 54.6 Å². The molecule has 0 aromatic heterocycles. The molecule has 0 bridgehead atoms. The summed E-state index contributed by atoms with van der Waals surface area (Å²) in [5, 5.41) is 0. The Balaban J connectivity index is 2.29. The molecule has 0 radical (unpaired) electrons. The predicted molar refractivity (Wildman–Crippen MR) is 104 cm³/mol. The summed E-state index contributed by atoms with van der Waals surface area (Å²) in [7, 11) is 0. The van der Waals surface area contributed by atoms with E-state index in [1.54, 1.807) is 0 Å². The van der Waals surface area contributed by atoms with E-state index in [4.69, 9.17) is 5.84 Å². The molecule has 0 heterocycles. The van der Waals surface area contributed by atoms with Gasteiger partial charge in [0.25, 0.3) is 0 Å². The fraction of sp³-hybridized carbons (Fsp3) is 0.0952. The Morgan fingerprint density at radius 3 is 1.36 bits per heavy atom. The number of nitrogens with zero attached hydrogens (tertiary/aromatic N) is 1. The molecule has 0 unspecified atom stereocenters. The lowest BCUT2D eigenvalue weighted by Gasteiger charge is -2.37. The van der Waals surface area contributed by atoms with Crippen LogP contribution in [-0.4, -0.2) is 10.3 Å². The zero-order valence-corrected chi connectivity index (χ0v) is 14.8. The van der Waals surface area contributed by atoms with Crippen LogP contribution in [0.2, 0.25) is 0 Å². The standard InChI is InChI=1S/C21H20N2OS/c1-17(24)23(22)25-21(18-11-5-2-6-12-18,19-13-7-3-8-14-19)20-15-9-4-10-16-20/h2-16H,22H2,1H3. The van der Waals surface area contributed by atoms with Crippen molar-refractivity contribution >= 4 is 17.9 Å². The maximum Gasteiger partial charge on any atom is 0.243 e. The topological polar surface area (TPSA) is 46.3 Å². The second kappa shape index (κ2) is 7.55. The van der Waals surface area contributed by atoms with Gasteiger partial charge in [-0.25, -0.2) is 10.3 Å². The first-order valence-electron chi connectivity index (χ1n) is 8.05. The minimum absolute atomic E-state index is 0.197. The molecule has 0 aliphatic heterocycles. The third-order valence-electron chi connectivity index (χ3n) is 4.09. The SMILES string of the molecule is CC(=O)N(N)SC(c1ccccc1)(c1ccccc1)c1ccccc1. The number of amides is 1. The summed E-state index contributed by atoms with van der Waals surface area (Å²) in [6, 6.07) is 30.4. The van der Waals surface area contributed by atoms with E-state index in [0.29, 0.717) is 0 Å². The highest BCUT2D eigenvalue weighted by Gasteiger charge is 2.39. The van der Waals surface area contributed by atoms with Crippen molar-refractivity contribution in [2.24, 2.45) is 5.84 Å². The number of hydrogen-bond acceptors (Lipinski definition) is 3. The molecular formula is C21H20N2OS. The number of hydrogen-bond donors (Lipinski definition) is 1. The van der Waals surface area contributed by atoms with Crippen LogP contribution >= 0.6 is 11.9 Å². The first-order chi connectivity index (χ1) is 12.1. The molecule has 0 aliphatic rings. The molecule has 0 atom stereocenters. The van der Waals surface area contributed by atoms with Crippen molar-refractivity contribution in [3.8, 4) is 0 Å². The van der Waals surface area contributed by atoms with Gasteiger partial charge in [-0.05, 0) is 28.6 Å². The molecule has 4 heteroatoms. The second-order valence-corrected chi connectivity index (χ2v) is 6.90. The van der Waals surface area contributed by atoms with Crippen LogP contribution in [0.25, 0.3) is 0 Å². The number of nitrogens with two attached hydrogens (primary N) is 1. The molecule has 2 N–H and O–H groups in total. The van der Waals surface area contributed by atoms with Crippen molar-refractivity contribution in [3.63, 3.8) is 0 Å². The van der Waals surface area contributed by atoms with Crippen molar-refractivity contribution in [2.45, 2.75) is 11.7 Å². The van der Waals surface area contributed by atoms with Gasteiger partial charge in [0.1, 0.15) is 4.75 Å². The lowest BCUT2D eigenvalue weighted by atomic mass is 9.84. The van der Waals surface area contributed by atoms with E-state index in [-0.39, 0.29) is 5.91 Å². The molecule has 3 rings (SSSR count). The monoisotopic (exact) mass is 348 g/mol. The van der Waals surface area contributed by atoms with E-state index < -0.39 is 4.75 Å². The zero-order valence-electron chi connectivity index (χ0n) is 14.0. The summed E-state index contributed by atoms with van der Waals surface area (Å²) in [6.07, 6.45) is 0. The van der Waals surface area contributed by atoms with Crippen molar-refractivity contribution in [2.75, 3.05) is 0 Å². The second-order valence-electron chi connectivity index (χ2n) is 5.72. The number of rotatable bonds is 5. The Bertz CT molecular complexity index is 726. The number of benzene rings is 3. The van der Waals surface area contributed by atoms with Crippen LogP contribution < -0.4 is 5.84 Å². The first-order valence-corrected chi connectivity index (χ1v) is 8.83. The van der Waals surface area contributed by atoms with Gasteiger partial charge in [0.15, 0.2) is 0 Å². The van der Waals surface area contributed by atoms with Crippen molar-refractivity contribution in [3.05, 3.63) is 108 Å². The molecule has 0 fully saturated rings. The van der Waals surface area contributed by atoms with Gasteiger partial charge in [-0.2, -0.15) is 0 Å². The summed E-state index contributed by atoms with van der Waals surface area (Å²) in [5.41, 5.74) is 3.19. The normalized spacial score (nSPS) is 11.1. The van der Waals surface area contributed by atoms with Crippen LogP contribution in [0.4, 0.5) is 0 Å². The van der Waals surface area contributed by atoms with Crippen molar-refractivity contribution < 1.29 is 4.79 Å². The molecule has 1 amide bonds. The fourth-order valence-corrected chi connectivity index (χ4v) is 4.04. The van der Waals surface area contributed by atoms with Gasteiger partial charge in [0.05, 0.1) is 0 Å². The highest BCUT2D eigenvalue weighted by atomic mass is 32.2. The van der Waals surface area contributed by atoms with Gasteiger partial charge in [0.2, 0.25) is 5.91 Å². The van der Waals surface area contributed by atoms with Crippen LogP contribution in [-0.2, 0) is 9.54 Å². The summed E-state index contributed by atoms with van der Waals surface area (Å²) >= 11 is 1.32. The molecular weight excluding hydrogens is 328 g/mol. The number of hydrazine groups is 1. The Hall–Kier alpha value is -2.56. The summed E-state index contributed by atoms with van der Waals surface area (Å²) in [6.45, 7) is 1.47. The molecule has 0 aliphatic carbocycles. The Morgan fingerprint density at radius 2 is 1.08 bits per heavy atom. The number of carbonyl (C=O) groups excluding carboxylic acids is 1. The molecule has 3 nitrogen and oxygen atoms in total. The van der Waals surface area contributed by atoms with Crippen LogP contribution in [0, 0.1) is 0 Å². The Labute approximate surface area is 152 Å². The van der Waals surface area contributed by atoms with Crippen molar-refractivity contribution in [1.29, 1.82) is 0 Å². The quantitative estimate of drug-likeness (QED) is 0.245. The molecule has 25 heavy (non-hydrogen) atoms. The van der Waals surface area contributed by atoms with Crippen LogP contribution in [0.5, 0.6) is 0 Å². The maximum atomic E-state index is 11.9. The van der Waals surface area contributed by atoms with Crippen LogP contribution in [0.15, 0.2) is 91.0 Å². The summed E-state index contributed by atoms with van der Waals surface area (Å²) in [4.78, 5) is 11.9. The summed E-state index contributed by atoms with van der Waals surface area (Å²) < 4.78 is 0.594. The van der Waals surface area contributed by atoms with Gasteiger partial charge in [-0.3, -0.25) is 4.79 Å². The zero-order chi connectivity index (χ0) is 17.7. The maximum absolute atomic E-state index is 11.9. The molecule has 0 spiro atoms. The average Bonchev–Trinajstić information content (AvgIpc) is 2.68. The van der Waals surface area contributed by atoms with E-state index >= 15 is 0 Å². The van der Waals surface area contributed by atoms with E-state index in [9.17, 15) is 4.79 Å². The molecule has 3 aromatic carbocycles. The third-order valence-corrected chi connectivity index (χ3v) is 5.52. The molecule has 126 valence electrons. The highest BCUT2D eigenvalue weighted by Crippen LogP contribution is 2.48. The first kappa shape index (κ1) is 17.3. The summed E-state index contributed by atoms with van der Waals surface area (Å²) in [5.74, 6) is 5.86.